The van der Waals surface area contributed by atoms with Gasteiger partial charge in [0.2, 0.25) is 0 Å². The summed E-state index contributed by atoms with van der Waals surface area (Å²) in [5.74, 6) is 0.108. The molecule has 2 aromatic rings. The minimum absolute atomic E-state index is 0.108. The molecule has 2 rings (SSSR count). The number of phenols is 1. The zero-order valence-corrected chi connectivity index (χ0v) is 10.3. The van der Waals surface area contributed by atoms with Crippen molar-refractivity contribution in [2.75, 3.05) is 0 Å². The van der Waals surface area contributed by atoms with Gasteiger partial charge in [-0.15, -0.1) is 5.11 Å². The van der Waals surface area contributed by atoms with E-state index in [1.165, 1.54) is 30.3 Å². The Hall–Kier alpha value is -2.47. The van der Waals surface area contributed by atoms with Crippen LogP contribution in [0.5, 0.6) is 5.75 Å². The molecule has 0 radical (unpaired) electrons. The summed E-state index contributed by atoms with van der Waals surface area (Å²) in [4.78, 5) is 10.3. The normalized spacial score (nSPS) is 10.8. The first-order valence-electron chi connectivity index (χ1n) is 5.21. The lowest BCUT2D eigenvalue weighted by atomic mass is 10.3. The topological polar surface area (TPSA) is 88.1 Å². The van der Waals surface area contributed by atoms with E-state index in [9.17, 15) is 10.1 Å². The third kappa shape index (κ3) is 3.26. The predicted molar refractivity (Wildman–Crippen MR) is 70.4 cm³/mol. The quantitative estimate of drug-likeness (QED) is 0.513. The predicted octanol–water partition coefficient (Wildman–Crippen LogP) is 4.37. The average Bonchev–Trinajstić information content (AvgIpc) is 2.39. The molecule has 1 N–H and O–H groups in total. The zero-order valence-electron chi connectivity index (χ0n) is 9.52. The molecule has 0 amide bonds. The molecule has 96 valence electrons. The van der Waals surface area contributed by atoms with Crippen molar-refractivity contribution in [3.05, 3.63) is 57.6 Å². The van der Waals surface area contributed by atoms with Crippen LogP contribution in [0.3, 0.4) is 0 Å². The first-order valence-corrected chi connectivity index (χ1v) is 5.59. The van der Waals surface area contributed by atoms with E-state index in [-0.39, 0.29) is 22.1 Å². The monoisotopic (exact) mass is 277 g/mol. The van der Waals surface area contributed by atoms with Gasteiger partial charge < -0.3 is 5.11 Å². The Kier molecular flexibility index (Phi) is 3.72. The van der Waals surface area contributed by atoms with Gasteiger partial charge in [0.15, 0.2) is 5.69 Å². The van der Waals surface area contributed by atoms with E-state index in [1.807, 2.05) is 0 Å². The number of nitrogens with zero attached hydrogens (tertiary/aromatic N) is 3. The molecule has 0 aliphatic rings. The number of rotatable bonds is 3. The van der Waals surface area contributed by atoms with Gasteiger partial charge in [-0.05, 0) is 36.4 Å². The maximum Gasteiger partial charge on any atom is 0.298 e. The number of nitro groups is 1. The number of halogens is 1. The second-order valence-corrected chi connectivity index (χ2v) is 4.04. The highest BCUT2D eigenvalue weighted by Gasteiger charge is 2.13. The van der Waals surface area contributed by atoms with Crippen molar-refractivity contribution in [3.8, 4) is 5.75 Å². The highest BCUT2D eigenvalue weighted by molar-refractivity contribution is 6.30. The van der Waals surface area contributed by atoms with Crippen molar-refractivity contribution in [1.82, 2.24) is 0 Å². The summed E-state index contributed by atoms with van der Waals surface area (Å²) >= 11 is 5.69. The number of azo groups is 1. The van der Waals surface area contributed by atoms with E-state index in [1.54, 1.807) is 12.1 Å². The molecular weight excluding hydrogens is 270 g/mol. The van der Waals surface area contributed by atoms with Gasteiger partial charge in [0.05, 0.1) is 10.6 Å². The van der Waals surface area contributed by atoms with Gasteiger partial charge in [0, 0.05) is 11.1 Å². The second kappa shape index (κ2) is 5.45. The summed E-state index contributed by atoms with van der Waals surface area (Å²) in [5, 5.41) is 27.9. The Balaban J connectivity index is 2.32. The third-order valence-corrected chi connectivity index (χ3v) is 2.49. The van der Waals surface area contributed by atoms with Gasteiger partial charge in [0.1, 0.15) is 5.75 Å². The number of hydrogen-bond donors (Lipinski definition) is 1. The maximum absolute atomic E-state index is 10.8. The van der Waals surface area contributed by atoms with Crippen molar-refractivity contribution >= 4 is 28.7 Å². The molecule has 0 unspecified atom stereocenters. The fourth-order valence-corrected chi connectivity index (χ4v) is 1.52. The van der Waals surface area contributed by atoms with Crippen LogP contribution in [0.2, 0.25) is 5.02 Å². The lowest BCUT2D eigenvalue weighted by Gasteiger charge is -1.97. The van der Waals surface area contributed by atoms with Crippen LogP contribution in [0.15, 0.2) is 52.7 Å². The van der Waals surface area contributed by atoms with Gasteiger partial charge in [-0.1, -0.05) is 11.6 Å². The van der Waals surface area contributed by atoms with Crippen LogP contribution >= 0.6 is 11.6 Å². The number of benzene rings is 2. The molecule has 0 saturated heterocycles. The van der Waals surface area contributed by atoms with Crippen LogP contribution in [0, 0.1) is 10.1 Å². The third-order valence-electron chi connectivity index (χ3n) is 2.26. The molecular formula is C12H8ClN3O3. The Labute approximate surface area is 113 Å². The molecule has 0 bridgehead atoms. The van der Waals surface area contributed by atoms with E-state index in [2.05, 4.69) is 10.2 Å². The van der Waals surface area contributed by atoms with Crippen molar-refractivity contribution in [2.45, 2.75) is 0 Å². The Morgan fingerprint density at radius 3 is 2.42 bits per heavy atom. The number of phenolic OH excluding ortho intramolecular Hbond substituents is 1. The summed E-state index contributed by atoms with van der Waals surface area (Å²) in [6.07, 6.45) is 0. The lowest BCUT2D eigenvalue weighted by molar-refractivity contribution is -0.384. The van der Waals surface area contributed by atoms with Crippen molar-refractivity contribution < 1.29 is 10.0 Å². The fourth-order valence-electron chi connectivity index (χ4n) is 1.36. The highest BCUT2D eigenvalue weighted by atomic mass is 35.5. The molecule has 0 aromatic heterocycles. The van der Waals surface area contributed by atoms with Gasteiger partial charge in [-0.25, -0.2) is 0 Å². The van der Waals surface area contributed by atoms with Crippen LogP contribution in [0.25, 0.3) is 0 Å². The van der Waals surface area contributed by atoms with E-state index in [0.29, 0.717) is 5.69 Å². The van der Waals surface area contributed by atoms with Crippen LogP contribution in [-0.4, -0.2) is 10.0 Å². The van der Waals surface area contributed by atoms with Crippen LogP contribution in [0.1, 0.15) is 0 Å². The van der Waals surface area contributed by atoms with Crippen molar-refractivity contribution in [2.24, 2.45) is 10.2 Å². The molecule has 6 nitrogen and oxygen atoms in total. The van der Waals surface area contributed by atoms with E-state index >= 15 is 0 Å². The molecule has 0 saturated carbocycles. The van der Waals surface area contributed by atoms with Gasteiger partial charge in [-0.2, -0.15) is 5.11 Å². The Morgan fingerprint density at radius 2 is 1.79 bits per heavy atom. The SMILES string of the molecule is O=[N+]([O-])c1cc(Cl)ccc1N=Nc1ccc(O)cc1. The summed E-state index contributed by atoms with van der Waals surface area (Å²) in [7, 11) is 0. The van der Waals surface area contributed by atoms with Crippen molar-refractivity contribution in [3.63, 3.8) is 0 Å². The molecule has 19 heavy (non-hydrogen) atoms. The highest BCUT2D eigenvalue weighted by Crippen LogP contribution is 2.31. The molecule has 2 aromatic carbocycles. The summed E-state index contributed by atoms with van der Waals surface area (Å²) in [5.41, 5.74) is 0.375. The van der Waals surface area contributed by atoms with E-state index < -0.39 is 4.92 Å². The standard InChI is InChI=1S/C12H8ClN3O3/c13-8-1-6-11(12(7-8)16(18)19)15-14-9-2-4-10(17)5-3-9/h1-7,17H. The minimum Gasteiger partial charge on any atom is -0.508 e. The molecule has 0 aliphatic carbocycles. The van der Waals surface area contributed by atoms with E-state index in [4.69, 9.17) is 16.7 Å². The van der Waals surface area contributed by atoms with Gasteiger partial charge in [0.25, 0.3) is 5.69 Å². The van der Waals surface area contributed by atoms with Crippen LogP contribution in [0.4, 0.5) is 17.1 Å². The molecule has 0 atom stereocenters. The van der Waals surface area contributed by atoms with Crippen LogP contribution < -0.4 is 0 Å². The van der Waals surface area contributed by atoms with E-state index in [0.717, 1.165) is 0 Å². The average molecular weight is 278 g/mol. The second-order valence-electron chi connectivity index (χ2n) is 3.61. The molecule has 0 spiro atoms. The maximum atomic E-state index is 10.8. The molecule has 7 heteroatoms. The van der Waals surface area contributed by atoms with Gasteiger partial charge >= 0.3 is 0 Å². The Morgan fingerprint density at radius 1 is 1.11 bits per heavy atom. The summed E-state index contributed by atoms with van der Waals surface area (Å²) in [6.45, 7) is 0. The first-order chi connectivity index (χ1) is 9.06. The lowest BCUT2D eigenvalue weighted by Crippen LogP contribution is -1.87. The molecule has 0 aliphatic heterocycles. The largest absolute Gasteiger partial charge is 0.508 e. The minimum atomic E-state index is -0.572. The van der Waals surface area contributed by atoms with Crippen molar-refractivity contribution in [1.29, 1.82) is 0 Å². The molecule has 0 fully saturated rings. The van der Waals surface area contributed by atoms with Gasteiger partial charge in [-0.3, -0.25) is 10.1 Å². The fraction of sp³-hybridized carbons (Fsp3) is 0. The smallest absolute Gasteiger partial charge is 0.298 e. The zero-order chi connectivity index (χ0) is 13.8. The summed E-state index contributed by atoms with van der Waals surface area (Å²) in [6, 6.07) is 10.1. The number of nitro benzene ring substituents is 1. The summed E-state index contributed by atoms with van der Waals surface area (Å²) < 4.78 is 0. The first kappa shape index (κ1) is 13.0. The number of aromatic hydroxyl groups is 1. The number of hydrogen-bond acceptors (Lipinski definition) is 5. The van der Waals surface area contributed by atoms with Crippen LogP contribution in [-0.2, 0) is 0 Å². The Bertz CT molecular complexity index is 641. The molecule has 0 heterocycles.